The van der Waals surface area contributed by atoms with Crippen LogP contribution in [0.15, 0.2) is 42.5 Å². The summed E-state index contributed by atoms with van der Waals surface area (Å²) in [5.74, 6) is -0.222. The molecule has 0 bridgehead atoms. The van der Waals surface area contributed by atoms with E-state index < -0.39 is 0 Å². The molecule has 21 heavy (non-hydrogen) atoms. The summed E-state index contributed by atoms with van der Waals surface area (Å²) in [6.07, 6.45) is 3.49. The first-order valence-corrected chi connectivity index (χ1v) is 7.41. The number of carbonyl (C=O) groups is 1. The average molecular weight is 280 g/mol. The van der Waals surface area contributed by atoms with Crippen LogP contribution in [0, 0.1) is 0 Å². The Bertz CT molecular complexity index is 679. The highest BCUT2D eigenvalue weighted by Gasteiger charge is 2.17. The molecule has 3 nitrogen and oxygen atoms in total. The first kappa shape index (κ1) is 13.7. The number of nitrogens with one attached hydrogen (secondary N) is 1. The zero-order chi connectivity index (χ0) is 14.8. The maximum absolute atomic E-state index is 12.4. The van der Waals surface area contributed by atoms with Crippen LogP contribution in [0.4, 0.5) is 11.4 Å². The summed E-state index contributed by atoms with van der Waals surface area (Å²) in [4.78, 5) is 12.4. The summed E-state index contributed by atoms with van der Waals surface area (Å²) in [6, 6.07) is 13.7. The van der Waals surface area contributed by atoms with Gasteiger partial charge in [0.05, 0.1) is 5.92 Å². The lowest BCUT2D eigenvalue weighted by atomic mass is 9.99. The van der Waals surface area contributed by atoms with Crippen molar-refractivity contribution in [3.63, 3.8) is 0 Å². The van der Waals surface area contributed by atoms with Crippen LogP contribution in [0.3, 0.4) is 0 Å². The van der Waals surface area contributed by atoms with E-state index in [0.717, 1.165) is 24.1 Å². The van der Waals surface area contributed by atoms with Crippen LogP contribution in [0.2, 0.25) is 0 Å². The fraction of sp³-hybridized carbons (Fsp3) is 0.278. The largest absolute Gasteiger partial charge is 0.399 e. The number of benzene rings is 2. The Balaban J connectivity index is 1.74. The van der Waals surface area contributed by atoms with E-state index >= 15 is 0 Å². The van der Waals surface area contributed by atoms with Crippen LogP contribution in [-0.2, 0) is 17.6 Å². The molecule has 0 radical (unpaired) electrons. The van der Waals surface area contributed by atoms with Crippen LogP contribution in [0.25, 0.3) is 0 Å². The van der Waals surface area contributed by atoms with Crippen LogP contribution in [0.5, 0.6) is 0 Å². The van der Waals surface area contributed by atoms with Gasteiger partial charge in [0, 0.05) is 11.4 Å². The van der Waals surface area contributed by atoms with Crippen molar-refractivity contribution >= 4 is 17.3 Å². The Morgan fingerprint density at radius 2 is 1.95 bits per heavy atom. The lowest BCUT2D eigenvalue weighted by molar-refractivity contribution is -0.117. The highest BCUT2D eigenvalue weighted by atomic mass is 16.1. The van der Waals surface area contributed by atoms with E-state index in [1.54, 1.807) is 0 Å². The topological polar surface area (TPSA) is 55.1 Å². The lowest BCUT2D eigenvalue weighted by Gasteiger charge is -2.14. The van der Waals surface area contributed by atoms with Gasteiger partial charge in [-0.25, -0.2) is 0 Å². The van der Waals surface area contributed by atoms with E-state index in [4.69, 9.17) is 5.73 Å². The summed E-state index contributed by atoms with van der Waals surface area (Å²) in [6.45, 7) is 1.90. The third-order valence-corrected chi connectivity index (χ3v) is 4.17. The number of hydrogen-bond donors (Lipinski definition) is 2. The summed E-state index contributed by atoms with van der Waals surface area (Å²) in [5, 5.41) is 3.01. The average Bonchev–Trinajstić information content (AvgIpc) is 2.94. The zero-order valence-electron chi connectivity index (χ0n) is 12.2. The van der Waals surface area contributed by atoms with Gasteiger partial charge in [0.25, 0.3) is 0 Å². The summed E-state index contributed by atoms with van der Waals surface area (Å²) < 4.78 is 0. The first-order chi connectivity index (χ1) is 10.1. The minimum atomic E-state index is -0.221. The molecule has 1 aliphatic rings. The minimum Gasteiger partial charge on any atom is -0.399 e. The molecule has 108 valence electrons. The molecule has 2 aromatic carbocycles. The van der Waals surface area contributed by atoms with Crippen molar-refractivity contribution in [2.24, 2.45) is 0 Å². The Morgan fingerprint density at radius 3 is 2.76 bits per heavy atom. The van der Waals surface area contributed by atoms with Gasteiger partial charge in [0.2, 0.25) is 5.91 Å². The monoisotopic (exact) mass is 280 g/mol. The molecule has 0 fully saturated rings. The standard InChI is InChI=1S/C18H20N2O/c1-12(14-5-3-7-16(19)10-14)18(21)20-17-9-8-13-4-2-6-15(13)11-17/h3,5,7-12H,2,4,6,19H2,1H3,(H,20,21). The molecule has 3 heteroatoms. The van der Waals surface area contributed by atoms with Crippen molar-refractivity contribution in [2.75, 3.05) is 11.1 Å². The van der Waals surface area contributed by atoms with Crippen molar-refractivity contribution in [2.45, 2.75) is 32.1 Å². The van der Waals surface area contributed by atoms with Crippen molar-refractivity contribution in [3.05, 3.63) is 59.2 Å². The summed E-state index contributed by atoms with van der Waals surface area (Å²) >= 11 is 0. The predicted molar refractivity (Wildman–Crippen MR) is 86.4 cm³/mol. The Morgan fingerprint density at radius 1 is 1.14 bits per heavy atom. The Hall–Kier alpha value is -2.29. The molecular formula is C18H20N2O. The predicted octanol–water partition coefficient (Wildman–Crippen LogP) is 3.50. The zero-order valence-corrected chi connectivity index (χ0v) is 12.2. The molecule has 0 heterocycles. The van der Waals surface area contributed by atoms with Crippen LogP contribution in [0.1, 0.15) is 36.0 Å². The van der Waals surface area contributed by atoms with E-state index in [0.29, 0.717) is 5.69 Å². The molecule has 0 aliphatic heterocycles. The molecule has 3 N–H and O–H groups in total. The van der Waals surface area contributed by atoms with Gasteiger partial charge >= 0.3 is 0 Å². The van der Waals surface area contributed by atoms with Gasteiger partial charge in [-0.1, -0.05) is 18.2 Å². The molecule has 0 aromatic heterocycles. The highest BCUT2D eigenvalue weighted by molar-refractivity contribution is 5.95. The van der Waals surface area contributed by atoms with Crippen LogP contribution in [-0.4, -0.2) is 5.91 Å². The number of nitrogen functional groups attached to an aromatic ring is 1. The number of amides is 1. The molecule has 0 saturated heterocycles. The van der Waals surface area contributed by atoms with Crippen molar-refractivity contribution in [1.29, 1.82) is 0 Å². The lowest BCUT2D eigenvalue weighted by Crippen LogP contribution is -2.19. The van der Waals surface area contributed by atoms with E-state index in [2.05, 4.69) is 17.4 Å². The SMILES string of the molecule is CC(C(=O)Nc1ccc2c(c1)CCC2)c1cccc(N)c1. The molecule has 3 rings (SSSR count). The smallest absolute Gasteiger partial charge is 0.231 e. The van der Waals surface area contributed by atoms with Crippen molar-refractivity contribution in [1.82, 2.24) is 0 Å². The highest BCUT2D eigenvalue weighted by Crippen LogP contribution is 2.26. The second-order valence-corrected chi connectivity index (χ2v) is 5.72. The van der Waals surface area contributed by atoms with E-state index in [-0.39, 0.29) is 11.8 Å². The van der Waals surface area contributed by atoms with E-state index in [1.165, 1.54) is 17.5 Å². The molecular weight excluding hydrogens is 260 g/mol. The number of anilines is 2. The van der Waals surface area contributed by atoms with E-state index in [1.807, 2.05) is 37.3 Å². The van der Waals surface area contributed by atoms with Gasteiger partial charge in [-0.3, -0.25) is 4.79 Å². The van der Waals surface area contributed by atoms with Crippen LogP contribution >= 0.6 is 0 Å². The Labute approximate surface area is 125 Å². The molecule has 0 saturated carbocycles. The quantitative estimate of drug-likeness (QED) is 0.845. The molecule has 1 amide bonds. The fourth-order valence-corrected chi connectivity index (χ4v) is 2.88. The van der Waals surface area contributed by atoms with Crippen molar-refractivity contribution in [3.8, 4) is 0 Å². The minimum absolute atomic E-state index is 0.00135. The number of fused-ring (bicyclic) bond motifs is 1. The third kappa shape index (κ3) is 2.92. The Kier molecular flexibility index (Phi) is 3.65. The molecule has 1 unspecified atom stereocenters. The summed E-state index contributed by atoms with van der Waals surface area (Å²) in [7, 11) is 0. The fourth-order valence-electron chi connectivity index (χ4n) is 2.88. The van der Waals surface area contributed by atoms with Crippen LogP contribution < -0.4 is 11.1 Å². The normalized spacial score (nSPS) is 14.5. The number of rotatable bonds is 3. The maximum atomic E-state index is 12.4. The van der Waals surface area contributed by atoms with Gasteiger partial charge in [0.1, 0.15) is 0 Å². The number of aryl methyl sites for hydroxylation is 2. The number of nitrogens with two attached hydrogens (primary N) is 1. The second kappa shape index (κ2) is 5.60. The maximum Gasteiger partial charge on any atom is 0.231 e. The molecule has 1 aliphatic carbocycles. The van der Waals surface area contributed by atoms with E-state index in [9.17, 15) is 4.79 Å². The third-order valence-electron chi connectivity index (χ3n) is 4.17. The van der Waals surface area contributed by atoms with Gasteiger partial charge in [-0.2, -0.15) is 0 Å². The molecule has 2 aromatic rings. The van der Waals surface area contributed by atoms with Gasteiger partial charge < -0.3 is 11.1 Å². The number of carbonyl (C=O) groups excluding carboxylic acids is 1. The number of hydrogen-bond acceptors (Lipinski definition) is 2. The van der Waals surface area contributed by atoms with Crippen molar-refractivity contribution < 1.29 is 4.79 Å². The van der Waals surface area contributed by atoms with Gasteiger partial charge in [-0.15, -0.1) is 0 Å². The van der Waals surface area contributed by atoms with Gasteiger partial charge in [0.15, 0.2) is 0 Å². The van der Waals surface area contributed by atoms with Gasteiger partial charge in [-0.05, 0) is 67.1 Å². The molecule has 0 spiro atoms. The first-order valence-electron chi connectivity index (χ1n) is 7.41. The second-order valence-electron chi connectivity index (χ2n) is 5.72. The summed E-state index contributed by atoms with van der Waals surface area (Å²) in [5.41, 5.74) is 11.1. The molecule has 1 atom stereocenters.